The molecule has 17 heavy (non-hydrogen) atoms. The molecule has 3 heteroatoms. The van der Waals surface area contributed by atoms with E-state index < -0.39 is 0 Å². The van der Waals surface area contributed by atoms with E-state index >= 15 is 0 Å². The molecule has 0 spiro atoms. The minimum Gasteiger partial charge on any atom is -0.508 e. The van der Waals surface area contributed by atoms with E-state index in [0.717, 1.165) is 5.56 Å². The van der Waals surface area contributed by atoms with Gasteiger partial charge >= 0.3 is 0 Å². The van der Waals surface area contributed by atoms with Crippen molar-refractivity contribution in [2.45, 2.75) is 14.4 Å². The van der Waals surface area contributed by atoms with E-state index in [0.29, 0.717) is 11.4 Å². The number of aromatic hydroxyl groups is 2. The Morgan fingerprint density at radius 3 is 1.71 bits per heavy atom. The molecule has 0 fully saturated rings. The molecule has 0 unspecified atom stereocenters. The van der Waals surface area contributed by atoms with Crippen molar-refractivity contribution in [1.29, 1.82) is 0 Å². The van der Waals surface area contributed by atoms with Crippen molar-refractivity contribution in [2.24, 2.45) is 0 Å². The summed E-state index contributed by atoms with van der Waals surface area (Å²) in [7, 11) is 0. The topological polar surface area (TPSA) is 66.5 Å². The SMILES string of the molecule is C.Cc1cccc(O)c1.Nc1cccc(O)c1. The van der Waals surface area contributed by atoms with E-state index in [2.05, 4.69) is 0 Å². The molecule has 0 amide bonds. The standard InChI is InChI=1S/C7H8O.C6H7NO.CH4/c1-6-3-2-4-7(8)5-6;7-5-2-1-3-6(8)4-5;/h2-5,8H,1H3;1-4,8H,7H2;1H4. The van der Waals surface area contributed by atoms with Crippen LogP contribution in [0.3, 0.4) is 0 Å². The number of anilines is 1. The van der Waals surface area contributed by atoms with Crippen molar-refractivity contribution in [1.82, 2.24) is 0 Å². The summed E-state index contributed by atoms with van der Waals surface area (Å²) < 4.78 is 0. The Balaban J connectivity index is 0.000000284. The number of hydrogen-bond acceptors (Lipinski definition) is 3. The second-order valence-corrected chi connectivity index (χ2v) is 3.43. The fourth-order valence-electron chi connectivity index (χ4n) is 1.15. The Bertz CT molecular complexity index is 377. The van der Waals surface area contributed by atoms with E-state index in [1.165, 1.54) is 6.07 Å². The van der Waals surface area contributed by atoms with E-state index in [-0.39, 0.29) is 13.2 Å². The van der Waals surface area contributed by atoms with Gasteiger partial charge in [-0.2, -0.15) is 0 Å². The van der Waals surface area contributed by atoms with Crippen LogP contribution in [0.5, 0.6) is 11.5 Å². The molecule has 92 valence electrons. The lowest BCUT2D eigenvalue weighted by molar-refractivity contribution is 0.474. The van der Waals surface area contributed by atoms with Crippen LogP contribution in [0.4, 0.5) is 5.69 Å². The molecule has 0 atom stereocenters. The first-order valence-corrected chi connectivity index (χ1v) is 4.88. The number of hydrogen-bond donors (Lipinski definition) is 3. The van der Waals surface area contributed by atoms with Gasteiger partial charge in [0, 0.05) is 11.8 Å². The third kappa shape index (κ3) is 6.10. The monoisotopic (exact) mass is 233 g/mol. The van der Waals surface area contributed by atoms with E-state index in [4.69, 9.17) is 15.9 Å². The first-order valence-electron chi connectivity index (χ1n) is 4.88. The second kappa shape index (κ2) is 7.17. The number of rotatable bonds is 0. The summed E-state index contributed by atoms with van der Waals surface area (Å²) in [5.74, 6) is 0.551. The predicted octanol–water partition coefficient (Wildman–Crippen LogP) is 3.31. The van der Waals surface area contributed by atoms with Crippen LogP contribution in [0.15, 0.2) is 48.5 Å². The zero-order chi connectivity index (χ0) is 12.0. The highest BCUT2D eigenvalue weighted by atomic mass is 16.3. The number of nitrogens with two attached hydrogens (primary N) is 1. The third-order valence-corrected chi connectivity index (χ3v) is 1.87. The van der Waals surface area contributed by atoms with Crippen LogP contribution >= 0.6 is 0 Å². The molecule has 0 saturated heterocycles. The van der Waals surface area contributed by atoms with Crippen LogP contribution in [0.1, 0.15) is 13.0 Å². The maximum atomic E-state index is 8.81. The Morgan fingerprint density at radius 2 is 1.41 bits per heavy atom. The largest absolute Gasteiger partial charge is 0.508 e. The van der Waals surface area contributed by atoms with Crippen molar-refractivity contribution < 1.29 is 10.2 Å². The molecule has 0 aliphatic rings. The molecular formula is C14H19NO2. The van der Waals surface area contributed by atoms with Crippen molar-refractivity contribution >= 4 is 5.69 Å². The summed E-state index contributed by atoms with van der Waals surface area (Å²) in [5, 5.41) is 17.5. The minimum absolute atomic E-state index is 0. The number of benzene rings is 2. The van der Waals surface area contributed by atoms with Crippen LogP contribution in [-0.2, 0) is 0 Å². The molecule has 0 aromatic heterocycles. The van der Waals surface area contributed by atoms with Gasteiger partial charge in [-0.1, -0.05) is 25.6 Å². The van der Waals surface area contributed by atoms with Gasteiger partial charge in [0.2, 0.25) is 0 Å². The van der Waals surface area contributed by atoms with E-state index in [1.807, 2.05) is 19.1 Å². The first kappa shape index (κ1) is 14.8. The molecule has 0 heterocycles. The molecule has 3 nitrogen and oxygen atoms in total. The molecule has 2 rings (SSSR count). The number of phenolic OH excluding ortho intramolecular Hbond substituents is 2. The maximum absolute atomic E-state index is 8.81. The van der Waals surface area contributed by atoms with Gasteiger partial charge in [0.25, 0.3) is 0 Å². The van der Waals surface area contributed by atoms with Crippen molar-refractivity contribution in [2.75, 3.05) is 5.73 Å². The molecule has 0 aliphatic heterocycles. The lowest BCUT2D eigenvalue weighted by Crippen LogP contribution is -1.80. The quantitative estimate of drug-likeness (QED) is 0.611. The lowest BCUT2D eigenvalue weighted by atomic mass is 10.2. The Kier molecular flexibility index (Phi) is 6.26. The first-order chi connectivity index (χ1) is 7.58. The highest BCUT2D eigenvalue weighted by Gasteiger charge is 1.84. The van der Waals surface area contributed by atoms with Crippen LogP contribution < -0.4 is 5.73 Å². The summed E-state index contributed by atoms with van der Waals surface area (Å²) in [5.41, 5.74) is 6.97. The molecule has 0 bridgehead atoms. The van der Waals surface area contributed by atoms with Gasteiger partial charge < -0.3 is 15.9 Å². The van der Waals surface area contributed by atoms with Crippen LogP contribution in [0.25, 0.3) is 0 Å². The molecule has 0 radical (unpaired) electrons. The Labute approximate surface area is 102 Å². The van der Waals surface area contributed by atoms with Crippen LogP contribution in [0.2, 0.25) is 0 Å². The van der Waals surface area contributed by atoms with Crippen molar-refractivity contribution in [3.8, 4) is 11.5 Å². The normalized spacial score (nSPS) is 8.53. The Morgan fingerprint density at radius 1 is 0.882 bits per heavy atom. The van der Waals surface area contributed by atoms with Gasteiger partial charge in [-0.05, 0) is 36.8 Å². The van der Waals surface area contributed by atoms with E-state index in [1.54, 1.807) is 30.3 Å². The molecule has 0 aliphatic carbocycles. The number of phenols is 2. The second-order valence-electron chi connectivity index (χ2n) is 3.43. The highest BCUT2D eigenvalue weighted by Crippen LogP contribution is 2.11. The molecule has 4 N–H and O–H groups in total. The van der Waals surface area contributed by atoms with Gasteiger partial charge in [0.15, 0.2) is 0 Å². The summed E-state index contributed by atoms with van der Waals surface area (Å²) in [6.45, 7) is 1.94. The number of aryl methyl sites for hydroxylation is 1. The van der Waals surface area contributed by atoms with Gasteiger partial charge in [-0.3, -0.25) is 0 Å². The summed E-state index contributed by atoms with van der Waals surface area (Å²) in [4.78, 5) is 0. The minimum atomic E-state index is 0. The smallest absolute Gasteiger partial charge is 0.117 e. The summed E-state index contributed by atoms with van der Waals surface area (Å²) >= 11 is 0. The zero-order valence-electron chi connectivity index (χ0n) is 9.09. The average Bonchev–Trinajstić information content (AvgIpc) is 2.17. The fraction of sp³-hybridized carbons (Fsp3) is 0.143. The summed E-state index contributed by atoms with van der Waals surface area (Å²) in [6.07, 6.45) is 0. The fourth-order valence-corrected chi connectivity index (χ4v) is 1.15. The third-order valence-electron chi connectivity index (χ3n) is 1.87. The zero-order valence-corrected chi connectivity index (χ0v) is 9.09. The lowest BCUT2D eigenvalue weighted by Gasteiger charge is -1.90. The van der Waals surface area contributed by atoms with Gasteiger partial charge in [0.1, 0.15) is 11.5 Å². The average molecular weight is 233 g/mol. The highest BCUT2D eigenvalue weighted by molar-refractivity contribution is 5.42. The molecule has 0 saturated carbocycles. The predicted molar refractivity (Wildman–Crippen MR) is 72.1 cm³/mol. The van der Waals surface area contributed by atoms with Gasteiger partial charge in [0.05, 0.1) is 0 Å². The maximum Gasteiger partial charge on any atom is 0.117 e. The van der Waals surface area contributed by atoms with Crippen molar-refractivity contribution in [3.05, 3.63) is 54.1 Å². The van der Waals surface area contributed by atoms with Crippen LogP contribution in [0, 0.1) is 6.92 Å². The summed E-state index contributed by atoms with van der Waals surface area (Å²) in [6, 6.07) is 13.7. The van der Waals surface area contributed by atoms with E-state index in [9.17, 15) is 0 Å². The van der Waals surface area contributed by atoms with Crippen LogP contribution in [-0.4, -0.2) is 10.2 Å². The van der Waals surface area contributed by atoms with Gasteiger partial charge in [-0.25, -0.2) is 0 Å². The Hall–Kier alpha value is -2.16. The molecule has 2 aromatic carbocycles. The molecular weight excluding hydrogens is 214 g/mol. The van der Waals surface area contributed by atoms with Crippen molar-refractivity contribution in [3.63, 3.8) is 0 Å². The molecule has 2 aromatic rings. The van der Waals surface area contributed by atoms with Gasteiger partial charge in [-0.15, -0.1) is 0 Å². The number of nitrogen functional groups attached to an aromatic ring is 1.